The Kier molecular flexibility index (Phi) is 18.6. The Morgan fingerprint density at radius 3 is 2.38 bits per heavy atom. The number of aliphatic imine (C=N–C) groups is 1. The topological polar surface area (TPSA) is 12.4 Å². The maximum atomic E-state index is 4.68. The molecule has 0 aromatic heterocycles. The van der Waals surface area contributed by atoms with E-state index >= 15 is 0 Å². The number of unbranched alkanes of at least 4 members (excludes halogenated alkanes) is 3. The smallest absolute Gasteiger partial charge is 0.0360 e. The molecule has 0 aliphatic rings. The van der Waals surface area contributed by atoms with E-state index in [1.807, 2.05) is 31.2 Å². The normalized spacial score (nSPS) is 14.3. The highest BCUT2D eigenvalue weighted by molar-refractivity contribution is 7.83. The summed E-state index contributed by atoms with van der Waals surface area (Å²) < 4.78 is 0. The van der Waals surface area contributed by atoms with Gasteiger partial charge in [-0.2, -0.15) is 12.6 Å². The number of hydrogen-bond acceptors (Lipinski definition) is 2. The molecule has 1 nitrogen and oxygen atoms in total. The van der Waals surface area contributed by atoms with E-state index in [0.717, 1.165) is 25.8 Å². The predicted molar refractivity (Wildman–Crippen MR) is 124 cm³/mol. The van der Waals surface area contributed by atoms with E-state index in [9.17, 15) is 0 Å². The molecule has 0 aliphatic carbocycles. The van der Waals surface area contributed by atoms with E-state index in [1.165, 1.54) is 37.0 Å². The molecule has 0 rings (SSSR count). The molecule has 0 spiro atoms. The van der Waals surface area contributed by atoms with Crippen LogP contribution in [0.1, 0.15) is 65.7 Å². The van der Waals surface area contributed by atoms with Crippen molar-refractivity contribution in [1.82, 2.24) is 0 Å². The highest BCUT2D eigenvalue weighted by Crippen LogP contribution is 2.08. The quantitative estimate of drug-likeness (QED) is 0.138. The fourth-order valence-corrected chi connectivity index (χ4v) is 2.59. The molecule has 0 fully saturated rings. The Balaban J connectivity index is 4.46. The Hall–Kier alpha value is -1.54. The lowest BCUT2D eigenvalue weighted by molar-refractivity contribution is 0.679. The van der Waals surface area contributed by atoms with E-state index in [4.69, 9.17) is 0 Å². The van der Waals surface area contributed by atoms with Crippen LogP contribution in [0, 0.1) is 0 Å². The van der Waals surface area contributed by atoms with Gasteiger partial charge >= 0.3 is 0 Å². The molecule has 0 bridgehead atoms. The molecule has 0 saturated carbocycles. The zero-order chi connectivity index (χ0) is 19.3. The van der Waals surface area contributed by atoms with E-state index in [1.54, 1.807) is 5.41 Å². The Labute approximate surface area is 167 Å². The number of hydrogen-bond donors (Lipinski definition) is 1. The van der Waals surface area contributed by atoms with Gasteiger partial charge in [-0.25, -0.2) is 0 Å². The van der Waals surface area contributed by atoms with Gasteiger partial charge in [0.25, 0.3) is 0 Å². The lowest BCUT2D eigenvalue weighted by Gasteiger charge is -2.04. The van der Waals surface area contributed by atoms with E-state index < -0.39 is 0 Å². The van der Waals surface area contributed by atoms with Crippen LogP contribution in [-0.4, -0.2) is 12.3 Å². The van der Waals surface area contributed by atoms with Crippen LogP contribution in [0.15, 0.2) is 76.7 Å². The van der Waals surface area contributed by atoms with Crippen LogP contribution in [0.3, 0.4) is 0 Å². The standard InChI is InChI=1S/C24H37NS/c1-4-7-8-14-20-24(25-6-3)21-15-11-13-19-23(17-5-2)18-12-9-10-16-22-26/h5,9-13,16-19,22,26H,4,6-8,14-15,20-21H2,1-3H3/b10-9-,13-11+,17-5-,18-12-,22-16+,23-19+,25-24?. The lowest BCUT2D eigenvalue weighted by Crippen LogP contribution is -1.99. The maximum Gasteiger partial charge on any atom is 0.0360 e. The molecular formula is C24H37NS. The summed E-state index contributed by atoms with van der Waals surface area (Å²) in [7, 11) is 0. The summed E-state index contributed by atoms with van der Waals surface area (Å²) in [5.41, 5.74) is 2.57. The van der Waals surface area contributed by atoms with E-state index in [0.29, 0.717) is 0 Å². The number of thiol groups is 1. The first-order valence-electron chi connectivity index (χ1n) is 9.94. The highest BCUT2D eigenvalue weighted by atomic mass is 32.1. The summed E-state index contributed by atoms with van der Waals surface area (Å²) in [5.74, 6) is 0. The van der Waals surface area contributed by atoms with Gasteiger partial charge in [-0.3, -0.25) is 4.99 Å². The van der Waals surface area contributed by atoms with Crippen molar-refractivity contribution in [2.75, 3.05) is 6.54 Å². The van der Waals surface area contributed by atoms with Crippen molar-refractivity contribution >= 4 is 18.3 Å². The van der Waals surface area contributed by atoms with Gasteiger partial charge in [0.1, 0.15) is 0 Å². The summed E-state index contributed by atoms with van der Waals surface area (Å²) >= 11 is 4.02. The second-order valence-electron chi connectivity index (χ2n) is 6.07. The summed E-state index contributed by atoms with van der Waals surface area (Å²) in [6.45, 7) is 7.32. The molecule has 0 aromatic rings. The third-order valence-corrected chi connectivity index (χ3v) is 3.96. The van der Waals surface area contributed by atoms with Gasteiger partial charge in [0.05, 0.1) is 0 Å². The Morgan fingerprint density at radius 1 is 0.885 bits per heavy atom. The van der Waals surface area contributed by atoms with Crippen molar-refractivity contribution in [1.29, 1.82) is 0 Å². The summed E-state index contributed by atoms with van der Waals surface area (Å²) in [6.07, 6.45) is 29.2. The lowest BCUT2D eigenvalue weighted by atomic mass is 10.1. The maximum absolute atomic E-state index is 4.68. The zero-order valence-corrected chi connectivity index (χ0v) is 17.8. The van der Waals surface area contributed by atoms with Crippen molar-refractivity contribution in [3.63, 3.8) is 0 Å². The first-order chi connectivity index (χ1) is 12.8. The van der Waals surface area contributed by atoms with Crippen molar-refractivity contribution in [2.24, 2.45) is 4.99 Å². The molecular weight excluding hydrogens is 334 g/mol. The first kappa shape index (κ1) is 24.5. The summed E-state index contributed by atoms with van der Waals surface area (Å²) in [5, 5.41) is 1.72. The summed E-state index contributed by atoms with van der Waals surface area (Å²) in [4.78, 5) is 4.68. The first-order valence-corrected chi connectivity index (χ1v) is 10.5. The number of allylic oxidation sites excluding steroid dienone is 11. The van der Waals surface area contributed by atoms with Crippen molar-refractivity contribution in [3.8, 4) is 0 Å². The molecule has 144 valence electrons. The van der Waals surface area contributed by atoms with Crippen LogP contribution in [-0.2, 0) is 0 Å². The van der Waals surface area contributed by atoms with Gasteiger partial charge in [0.2, 0.25) is 0 Å². The average molecular weight is 372 g/mol. The van der Waals surface area contributed by atoms with Gasteiger partial charge in [0, 0.05) is 12.3 Å². The average Bonchev–Trinajstić information content (AvgIpc) is 2.64. The van der Waals surface area contributed by atoms with Crippen molar-refractivity contribution < 1.29 is 0 Å². The van der Waals surface area contributed by atoms with Crippen LogP contribution < -0.4 is 0 Å². The van der Waals surface area contributed by atoms with Gasteiger partial charge in [-0.15, -0.1) is 0 Å². The molecule has 0 saturated heterocycles. The molecule has 0 aromatic carbocycles. The van der Waals surface area contributed by atoms with Gasteiger partial charge in [-0.05, 0) is 50.5 Å². The fourth-order valence-electron chi connectivity index (χ4n) is 2.49. The van der Waals surface area contributed by atoms with Crippen molar-refractivity contribution in [2.45, 2.75) is 65.7 Å². The molecule has 0 unspecified atom stereocenters. The number of rotatable bonds is 14. The molecule has 0 radical (unpaired) electrons. The fraction of sp³-hybridized carbons (Fsp3) is 0.458. The molecule has 0 amide bonds. The Morgan fingerprint density at radius 2 is 1.69 bits per heavy atom. The van der Waals surface area contributed by atoms with E-state index in [-0.39, 0.29) is 0 Å². The van der Waals surface area contributed by atoms with Crippen LogP contribution >= 0.6 is 12.6 Å². The zero-order valence-electron chi connectivity index (χ0n) is 16.9. The number of nitrogens with zero attached hydrogens (tertiary/aromatic N) is 1. The molecule has 0 heterocycles. The van der Waals surface area contributed by atoms with Crippen LogP contribution in [0.4, 0.5) is 0 Å². The van der Waals surface area contributed by atoms with Crippen LogP contribution in [0.2, 0.25) is 0 Å². The predicted octanol–water partition coefficient (Wildman–Crippen LogP) is 7.81. The second-order valence-corrected chi connectivity index (χ2v) is 6.37. The highest BCUT2D eigenvalue weighted by Gasteiger charge is 1.98. The van der Waals surface area contributed by atoms with Crippen LogP contribution in [0.25, 0.3) is 0 Å². The minimum absolute atomic E-state index is 0.902. The molecule has 0 atom stereocenters. The second kappa shape index (κ2) is 19.8. The minimum Gasteiger partial charge on any atom is -0.294 e. The summed E-state index contributed by atoms with van der Waals surface area (Å²) in [6, 6.07) is 0. The monoisotopic (exact) mass is 371 g/mol. The third-order valence-electron chi connectivity index (χ3n) is 3.79. The molecule has 26 heavy (non-hydrogen) atoms. The molecule has 0 N–H and O–H groups in total. The molecule has 2 heteroatoms. The molecule has 0 aliphatic heterocycles. The van der Waals surface area contributed by atoms with Crippen LogP contribution in [0.5, 0.6) is 0 Å². The largest absolute Gasteiger partial charge is 0.294 e. The SMILES string of the molecule is C\C=C/C(/C=C\C=C/C=C/S)=C\C=C\CCC(CCCCCC)=NCC. The minimum atomic E-state index is 0.902. The third kappa shape index (κ3) is 16.0. The van der Waals surface area contributed by atoms with Gasteiger partial charge < -0.3 is 0 Å². The van der Waals surface area contributed by atoms with Gasteiger partial charge in [-0.1, -0.05) is 86.9 Å². The van der Waals surface area contributed by atoms with Gasteiger partial charge in [0.15, 0.2) is 0 Å². The van der Waals surface area contributed by atoms with E-state index in [2.05, 4.69) is 67.9 Å². The van der Waals surface area contributed by atoms with Crippen molar-refractivity contribution in [3.05, 3.63) is 71.7 Å². The Bertz CT molecular complexity index is 530.